The summed E-state index contributed by atoms with van der Waals surface area (Å²) in [4.78, 5) is 23.2. The van der Waals surface area contributed by atoms with Crippen molar-refractivity contribution in [2.45, 2.75) is 39.4 Å². The summed E-state index contributed by atoms with van der Waals surface area (Å²) in [5, 5.41) is 23.1. The molecule has 0 aliphatic heterocycles. The molecule has 2 aromatic rings. The van der Waals surface area contributed by atoms with Gasteiger partial charge in [-0.2, -0.15) is 0 Å². The van der Waals surface area contributed by atoms with E-state index < -0.39 is 11.2 Å². The maximum Gasteiger partial charge on any atom is 0.316 e. The molecular weight excluding hydrogens is 378 g/mol. The molecule has 1 amide bonds. The van der Waals surface area contributed by atoms with Gasteiger partial charge >= 0.3 is 5.97 Å². The molecule has 0 aliphatic rings. The summed E-state index contributed by atoms with van der Waals surface area (Å²) < 4.78 is 5.91. The van der Waals surface area contributed by atoms with Crippen LogP contribution < -0.4 is 10.1 Å². The Bertz CT molecular complexity index is 865. The van der Waals surface area contributed by atoms with Crippen molar-refractivity contribution in [1.82, 2.24) is 0 Å². The van der Waals surface area contributed by atoms with E-state index in [4.69, 9.17) is 9.84 Å². The Morgan fingerprint density at radius 3 is 2.61 bits per heavy atom. The standard InChI is InChI=1S/C21H27NO5S/c1-12(2)10-18(23)22-16-7-5-6-15-19(16)17(11-13(3)20(15)24)27-8-9-28-14(4)21(25)26/h5-7,11-12,14,24H,8-10H2,1-4H3,(H,22,23)(H,25,26). The number of carboxylic acids is 1. The van der Waals surface area contributed by atoms with Crippen LogP contribution >= 0.6 is 11.8 Å². The number of ether oxygens (including phenoxy) is 1. The van der Waals surface area contributed by atoms with E-state index in [0.29, 0.717) is 46.6 Å². The van der Waals surface area contributed by atoms with Crippen LogP contribution in [0.4, 0.5) is 5.69 Å². The van der Waals surface area contributed by atoms with E-state index in [2.05, 4.69) is 5.32 Å². The van der Waals surface area contributed by atoms with Crippen molar-refractivity contribution >= 4 is 40.1 Å². The number of aromatic hydroxyl groups is 1. The monoisotopic (exact) mass is 405 g/mol. The van der Waals surface area contributed by atoms with E-state index in [1.54, 1.807) is 38.1 Å². The van der Waals surface area contributed by atoms with Gasteiger partial charge in [0.1, 0.15) is 11.5 Å². The summed E-state index contributed by atoms with van der Waals surface area (Å²) >= 11 is 1.29. The summed E-state index contributed by atoms with van der Waals surface area (Å²) in [6, 6.07) is 7.08. The summed E-state index contributed by atoms with van der Waals surface area (Å²) in [5.41, 5.74) is 1.25. The molecule has 1 unspecified atom stereocenters. The van der Waals surface area contributed by atoms with E-state index in [1.165, 1.54) is 11.8 Å². The van der Waals surface area contributed by atoms with Crippen molar-refractivity contribution < 1.29 is 24.5 Å². The lowest BCUT2D eigenvalue weighted by Gasteiger charge is -2.17. The predicted molar refractivity (Wildman–Crippen MR) is 113 cm³/mol. The molecule has 0 fully saturated rings. The zero-order valence-electron chi connectivity index (χ0n) is 16.6. The van der Waals surface area contributed by atoms with E-state index in [1.807, 2.05) is 13.8 Å². The third-order valence-electron chi connectivity index (χ3n) is 4.21. The van der Waals surface area contributed by atoms with Crippen molar-refractivity contribution in [2.24, 2.45) is 5.92 Å². The fourth-order valence-corrected chi connectivity index (χ4v) is 3.48. The maximum absolute atomic E-state index is 12.3. The number of anilines is 1. The van der Waals surface area contributed by atoms with Gasteiger partial charge in [-0.15, -0.1) is 11.8 Å². The minimum absolute atomic E-state index is 0.0978. The number of phenols is 1. The van der Waals surface area contributed by atoms with Gasteiger partial charge in [0.15, 0.2) is 0 Å². The minimum Gasteiger partial charge on any atom is -0.507 e. The first-order chi connectivity index (χ1) is 13.2. The molecule has 3 N–H and O–H groups in total. The van der Waals surface area contributed by atoms with Crippen LogP contribution in [0.15, 0.2) is 24.3 Å². The second-order valence-electron chi connectivity index (χ2n) is 7.11. The van der Waals surface area contributed by atoms with Crippen LogP contribution in [0.3, 0.4) is 0 Å². The lowest BCUT2D eigenvalue weighted by molar-refractivity contribution is -0.136. The van der Waals surface area contributed by atoms with Gasteiger partial charge in [0.2, 0.25) is 5.91 Å². The number of fused-ring (bicyclic) bond motifs is 1. The molecule has 0 radical (unpaired) electrons. The van der Waals surface area contributed by atoms with Crippen molar-refractivity contribution in [3.8, 4) is 11.5 Å². The summed E-state index contributed by atoms with van der Waals surface area (Å²) in [5.74, 6) is 0.488. The highest BCUT2D eigenvalue weighted by atomic mass is 32.2. The molecule has 1 atom stereocenters. The van der Waals surface area contributed by atoms with Gasteiger partial charge in [0.25, 0.3) is 0 Å². The van der Waals surface area contributed by atoms with Gasteiger partial charge in [-0.3, -0.25) is 9.59 Å². The molecule has 2 aromatic carbocycles. The molecule has 0 spiro atoms. The molecule has 2 rings (SSSR count). The largest absolute Gasteiger partial charge is 0.507 e. The topological polar surface area (TPSA) is 95.9 Å². The van der Waals surface area contributed by atoms with Gasteiger partial charge < -0.3 is 20.3 Å². The Labute approximate surface area is 169 Å². The Morgan fingerprint density at radius 1 is 1.25 bits per heavy atom. The smallest absolute Gasteiger partial charge is 0.316 e. The third kappa shape index (κ3) is 5.55. The van der Waals surface area contributed by atoms with Gasteiger partial charge in [-0.1, -0.05) is 26.0 Å². The number of carbonyl (C=O) groups excluding carboxylic acids is 1. The number of aliphatic carboxylic acids is 1. The van der Waals surface area contributed by atoms with Gasteiger partial charge in [0.05, 0.1) is 22.9 Å². The molecule has 6 nitrogen and oxygen atoms in total. The number of benzene rings is 2. The fraction of sp³-hybridized carbons (Fsp3) is 0.429. The van der Waals surface area contributed by atoms with Gasteiger partial charge in [-0.05, 0) is 37.5 Å². The molecule has 0 bridgehead atoms. The van der Waals surface area contributed by atoms with Crippen LogP contribution in [0.2, 0.25) is 0 Å². The number of amides is 1. The number of aryl methyl sites for hydroxylation is 1. The number of carboxylic acid groups (broad SMARTS) is 1. The van der Waals surface area contributed by atoms with Crippen LogP contribution in [0.5, 0.6) is 11.5 Å². The first-order valence-electron chi connectivity index (χ1n) is 9.23. The lowest BCUT2D eigenvalue weighted by Crippen LogP contribution is -2.15. The van der Waals surface area contributed by atoms with E-state index >= 15 is 0 Å². The normalized spacial score (nSPS) is 12.2. The van der Waals surface area contributed by atoms with Crippen LogP contribution in [-0.2, 0) is 9.59 Å². The van der Waals surface area contributed by atoms with Crippen molar-refractivity contribution in [3.63, 3.8) is 0 Å². The quantitative estimate of drug-likeness (QED) is 0.534. The highest BCUT2D eigenvalue weighted by molar-refractivity contribution is 8.00. The Balaban J connectivity index is 2.29. The van der Waals surface area contributed by atoms with E-state index in [0.717, 1.165) is 0 Å². The minimum atomic E-state index is -0.855. The molecule has 7 heteroatoms. The first-order valence-corrected chi connectivity index (χ1v) is 10.3. The SMILES string of the molecule is Cc1cc(OCCSC(C)C(=O)O)c2c(NC(=O)CC(C)C)cccc2c1O. The summed E-state index contributed by atoms with van der Waals surface area (Å²) in [6.07, 6.45) is 0.397. The number of phenolic OH excluding ortho intramolecular Hbond substituents is 1. The molecule has 0 aromatic heterocycles. The summed E-state index contributed by atoms with van der Waals surface area (Å²) in [6.45, 7) is 7.68. The average Bonchev–Trinajstić information content (AvgIpc) is 2.61. The second kappa shape index (κ2) is 9.68. The number of thioether (sulfide) groups is 1. The lowest BCUT2D eigenvalue weighted by atomic mass is 10.0. The van der Waals surface area contributed by atoms with Crippen LogP contribution in [-0.4, -0.2) is 39.7 Å². The molecule has 152 valence electrons. The number of carbonyl (C=O) groups is 2. The Kier molecular flexibility index (Phi) is 7.57. The highest BCUT2D eigenvalue weighted by Crippen LogP contribution is 2.40. The van der Waals surface area contributed by atoms with Gasteiger partial charge in [0, 0.05) is 17.6 Å². The highest BCUT2D eigenvalue weighted by Gasteiger charge is 2.16. The zero-order chi connectivity index (χ0) is 20.8. The van der Waals surface area contributed by atoms with Gasteiger partial charge in [-0.25, -0.2) is 0 Å². The first kappa shape index (κ1) is 21.9. The Hall–Kier alpha value is -2.41. The van der Waals surface area contributed by atoms with Crippen LogP contribution in [0.25, 0.3) is 10.8 Å². The molecule has 28 heavy (non-hydrogen) atoms. The number of hydrogen-bond acceptors (Lipinski definition) is 5. The Morgan fingerprint density at radius 2 is 1.96 bits per heavy atom. The van der Waals surface area contributed by atoms with E-state index in [-0.39, 0.29) is 17.6 Å². The maximum atomic E-state index is 12.3. The van der Waals surface area contributed by atoms with Crippen molar-refractivity contribution in [3.05, 3.63) is 29.8 Å². The number of nitrogens with one attached hydrogen (secondary N) is 1. The molecular formula is C21H27NO5S. The second-order valence-corrected chi connectivity index (χ2v) is 8.56. The molecule has 0 saturated heterocycles. The predicted octanol–water partition coefficient (Wildman–Crippen LogP) is 4.42. The van der Waals surface area contributed by atoms with Crippen LogP contribution in [0, 0.1) is 12.8 Å². The van der Waals surface area contributed by atoms with Crippen molar-refractivity contribution in [1.29, 1.82) is 0 Å². The zero-order valence-corrected chi connectivity index (χ0v) is 17.4. The number of rotatable bonds is 9. The molecule has 0 saturated carbocycles. The van der Waals surface area contributed by atoms with E-state index in [9.17, 15) is 14.7 Å². The molecule has 0 heterocycles. The van der Waals surface area contributed by atoms with Crippen LogP contribution in [0.1, 0.15) is 32.8 Å². The number of hydrogen-bond donors (Lipinski definition) is 3. The molecule has 0 aliphatic carbocycles. The summed E-state index contributed by atoms with van der Waals surface area (Å²) in [7, 11) is 0. The van der Waals surface area contributed by atoms with Crippen molar-refractivity contribution in [2.75, 3.05) is 17.7 Å². The average molecular weight is 406 g/mol. The fourth-order valence-electron chi connectivity index (χ4n) is 2.80. The third-order valence-corrected chi connectivity index (χ3v) is 5.32.